The summed E-state index contributed by atoms with van der Waals surface area (Å²) in [5.74, 6) is -1.12. The number of carbonyl (C=O) groups is 1. The molecule has 1 atom stereocenters. The normalized spacial score (nSPS) is 18.6. The summed E-state index contributed by atoms with van der Waals surface area (Å²) < 4.78 is 13.2. The first kappa shape index (κ1) is 11.9. The number of halogens is 1. The van der Waals surface area contributed by atoms with Crippen molar-refractivity contribution in [2.45, 2.75) is 32.2 Å². The average molecular weight is 237 g/mol. The maximum atomic E-state index is 13.2. The molecular weight excluding hydrogens is 221 g/mol. The quantitative estimate of drug-likeness (QED) is 0.878. The first-order chi connectivity index (χ1) is 7.99. The van der Waals surface area contributed by atoms with E-state index in [1.54, 1.807) is 6.07 Å². The van der Waals surface area contributed by atoms with Gasteiger partial charge in [-0.2, -0.15) is 0 Å². The van der Waals surface area contributed by atoms with Crippen LogP contribution in [0.4, 0.5) is 10.1 Å². The van der Waals surface area contributed by atoms with Crippen LogP contribution in [0.15, 0.2) is 18.2 Å². The second-order valence-electron chi connectivity index (χ2n) is 4.74. The minimum absolute atomic E-state index is 0.0366. The van der Waals surface area contributed by atoms with Gasteiger partial charge in [0.05, 0.1) is 6.42 Å². The molecule has 0 radical (unpaired) electrons. The first-order valence-corrected chi connectivity index (χ1v) is 5.77. The Kier molecular flexibility index (Phi) is 3.05. The van der Waals surface area contributed by atoms with Crippen LogP contribution in [0, 0.1) is 5.82 Å². The van der Waals surface area contributed by atoms with E-state index in [2.05, 4.69) is 4.90 Å². The smallest absolute Gasteiger partial charge is 0.304 e. The Hall–Kier alpha value is -1.58. The first-order valence-electron chi connectivity index (χ1n) is 5.77. The number of carboxylic acids is 1. The molecule has 0 fully saturated rings. The van der Waals surface area contributed by atoms with E-state index in [1.807, 2.05) is 13.8 Å². The molecule has 4 heteroatoms. The van der Waals surface area contributed by atoms with Gasteiger partial charge in [0.1, 0.15) is 5.82 Å². The molecule has 0 bridgehead atoms. The molecule has 1 unspecified atom stereocenters. The lowest BCUT2D eigenvalue weighted by molar-refractivity contribution is -0.137. The van der Waals surface area contributed by atoms with Crippen molar-refractivity contribution in [2.24, 2.45) is 0 Å². The van der Waals surface area contributed by atoms with E-state index in [0.717, 1.165) is 11.3 Å². The second kappa shape index (κ2) is 4.35. The van der Waals surface area contributed by atoms with Crippen LogP contribution in [0.1, 0.15) is 31.7 Å². The van der Waals surface area contributed by atoms with Gasteiger partial charge in [-0.25, -0.2) is 4.39 Å². The number of rotatable bonds is 3. The lowest BCUT2D eigenvalue weighted by Gasteiger charge is -2.24. The van der Waals surface area contributed by atoms with Gasteiger partial charge in [0.15, 0.2) is 0 Å². The van der Waals surface area contributed by atoms with Crippen molar-refractivity contribution < 1.29 is 14.3 Å². The van der Waals surface area contributed by atoms with E-state index in [4.69, 9.17) is 5.11 Å². The third-order valence-corrected chi connectivity index (χ3v) is 3.20. The number of nitrogens with zero attached hydrogens (tertiary/aromatic N) is 1. The van der Waals surface area contributed by atoms with Crippen molar-refractivity contribution in [3.05, 3.63) is 29.6 Å². The van der Waals surface area contributed by atoms with E-state index in [1.165, 1.54) is 12.1 Å². The predicted octanol–water partition coefficient (Wildman–Crippen LogP) is 2.61. The Morgan fingerprint density at radius 1 is 1.59 bits per heavy atom. The van der Waals surface area contributed by atoms with Crippen LogP contribution in [0.3, 0.4) is 0 Å². The molecule has 0 saturated heterocycles. The summed E-state index contributed by atoms with van der Waals surface area (Å²) >= 11 is 0. The zero-order valence-electron chi connectivity index (χ0n) is 9.98. The van der Waals surface area contributed by atoms with Gasteiger partial charge in [0, 0.05) is 24.2 Å². The van der Waals surface area contributed by atoms with Crippen molar-refractivity contribution in [1.29, 1.82) is 0 Å². The van der Waals surface area contributed by atoms with Crippen LogP contribution in [-0.4, -0.2) is 23.7 Å². The van der Waals surface area contributed by atoms with Crippen LogP contribution in [-0.2, 0) is 4.79 Å². The van der Waals surface area contributed by atoms with Crippen molar-refractivity contribution in [3.63, 3.8) is 0 Å². The zero-order chi connectivity index (χ0) is 12.6. The van der Waals surface area contributed by atoms with Gasteiger partial charge in [-0.05, 0) is 31.5 Å². The number of anilines is 1. The Morgan fingerprint density at radius 2 is 2.29 bits per heavy atom. The van der Waals surface area contributed by atoms with Gasteiger partial charge < -0.3 is 10.0 Å². The van der Waals surface area contributed by atoms with E-state index >= 15 is 0 Å². The molecule has 2 rings (SSSR count). The number of hydrogen-bond acceptors (Lipinski definition) is 2. The summed E-state index contributed by atoms with van der Waals surface area (Å²) in [5.41, 5.74) is 1.79. The monoisotopic (exact) mass is 237 g/mol. The van der Waals surface area contributed by atoms with Gasteiger partial charge in [-0.15, -0.1) is 0 Å². The average Bonchev–Trinajstić information content (AvgIpc) is 2.55. The molecule has 1 aromatic rings. The van der Waals surface area contributed by atoms with Gasteiger partial charge in [-0.3, -0.25) is 4.79 Å². The van der Waals surface area contributed by atoms with Crippen LogP contribution >= 0.6 is 0 Å². The number of aliphatic carboxylic acids is 1. The van der Waals surface area contributed by atoms with E-state index in [-0.39, 0.29) is 24.2 Å². The number of benzene rings is 1. The highest BCUT2D eigenvalue weighted by Gasteiger charge is 2.31. The fourth-order valence-electron chi connectivity index (χ4n) is 2.42. The molecule has 0 spiro atoms. The minimum Gasteiger partial charge on any atom is -0.481 e. The van der Waals surface area contributed by atoms with Crippen LogP contribution in [0.5, 0.6) is 0 Å². The lowest BCUT2D eigenvalue weighted by atomic mass is 9.98. The highest BCUT2D eigenvalue weighted by Crippen LogP contribution is 2.39. The highest BCUT2D eigenvalue weighted by atomic mass is 19.1. The lowest BCUT2D eigenvalue weighted by Crippen LogP contribution is -2.29. The molecule has 1 aliphatic heterocycles. The van der Waals surface area contributed by atoms with Gasteiger partial charge in [0.2, 0.25) is 0 Å². The number of carboxylic acid groups (broad SMARTS) is 1. The predicted molar refractivity (Wildman–Crippen MR) is 63.9 cm³/mol. The Morgan fingerprint density at radius 3 is 2.88 bits per heavy atom. The summed E-state index contributed by atoms with van der Waals surface area (Å²) in [7, 11) is 0. The van der Waals surface area contributed by atoms with E-state index in [9.17, 15) is 9.18 Å². The molecule has 1 aromatic carbocycles. The Bertz CT molecular complexity index is 445. The molecular formula is C13H16FNO2. The molecule has 0 aliphatic carbocycles. The van der Waals surface area contributed by atoms with Crippen LogP contribution < -0.4 is 4.90 Å². The molecule has 1 aliphatic rings. The minimum atomic E-state index is -0.809. The van der Waals surface area contributed by atoms with Crippen LogP contribution in [0.2, 0.25) is 0 Å². The van der Waals surface area contributed by atoms with Crippen molar-refractivity contribution >= 4 is 11.7 Å². The Balaban J connectivity index is 2.37. The maximum Gasteiger partial charge on any atom is 0.304 e. The van der Waals surface area contributed by atoms with Gasteiger partial charge >= 0.3 is 5.97 Å². The molecule has 1 heterocycles. The topological polar surface area (TPSA) is 40.5 Å². The third-order valence-electron chi connectivity index (χ3n) is 3.20. The Labute approximate surface area is 99.9 Å². The van der Waals surface area contributed by atoms with E-state index in [0.29, 0.717) is 6.54 Å². The fourth-order valence-corrected chi connectivity index (χ4v) is 2.42. The third kappa shape index (κ3) is 2.25. The molecule has 0 aromatic heterocycles. The summed E-state index contributed by atoms with van der Waals surface area (Å²) in [6.45, 7) is 4.71. The molecule has 0 amide bonds. The molecule has 92 valence electrons. The van der Waals surface area contributed by atoms with Gasteiger partial charge in [0.25, 0.3) is 0 Å². The maximum absolute atomic E-state index is 13.2. The molecule has 3 nitrogen and oxygen atoms in total. The number of fused-ring (bicyclic) bond motifs is 1. The van der Waals surface area contributed by atoms with Crippen molar-refractivity contribution in [1.82, 2.24) is 0 Å². The van der Waals surface area contributed by atoms with Crippen LogP contribution in [0.25, 0.3) is 0 Å². The highest BCUT2D eigenvalue weighted by molar-refractivity contribution is 5.71. The SMILES string of the molecule is CC(C)N1CC(CC(=O)O)c2ccc(F)cc21. The standard InChI is InChI=1S/C13H16FNO2/c1-8(2)15-7-9(5-13(16)17)11-4-3-10(14)6-12(11)15/h3-4,6,8-9H,5,7H2,1-2H3,(H,16,17). The molecule has 17 heavy (non-hydrogen) atoms. The molecule has 0 saturated carbocycles. The van der Waals surface area contributed by atoms with Crippen molar-refractivity contribution in [3.8, 4) is 0 Å². The second-order valence-corrected chi connectivity index (χ2v) is 4.74. The summed E-state index contributed by atoms with van der Waals surface area (Å²) in [5, 5.41) is 8.89. The number of hydrogen-bond donors (Lipinski definition) is 1. The zero-order valence-corrected chi connectivity index (χ0v) is 9.98. The van der Waals surface area contributed by atoms with Gasteiger partial charge in [-0.1, -0.05) is 6.07 Å². The van der Waals surface area contributed by atoms with E-state index < -0.39 is 5.97 Å². The summed E-state index contributed by atoms with van der Waals surface area (Å²) in [4.78, 5) is 12.9. The fraction of sp³-hybridized carbons (Fsp3) is 0.462. The summed E-state index contributed by atoms with van der Waals surface area (Å²) in [6.07, 6.45) is 0.0991. The largest absolute Gasteiger partial charge is 0.481 e. The van der Waals surface area contributed by atoms with Crippen molar-refractivity contribution in [2.75, 3.05) is 11.4 Å². The molecule has 1 N–H and O–H groups in total. The summed E-state index contributed by atoms with van der Waals surface area (Å²) in [6, 6.07) is 4.85.